The predicted octanol–water partition coefficient (Wildman–Crippen LogP) is 1.56. The first-order chi connectivity index (χ1) is 7.99. The third-order valence-corrected chi connectivity index (χ3v) is 2.57. The molecule has 0 saturated carbocycles. The van der Waals surface area contributed by atoms with Crippen molar-refractivity contribution in [1.29, 1.82) is 0 Å². The van der Waals surface area contributed by atoms with Crippen LogP contribution in [0.25, 0.3) is 0 Å². The largest absolute Gasteiger partial charge is 0.345 e. The molecule has 1 atom stereocenters. The van der Waals surface area contributed by atoms with Crippen molar-refractivity contribution in [3.63, 3.8) is 0 Å². The van der Waals surface area contributed by atoms with Crippen LogP contribution in [0.4, 0.5) is 4.39 Å². The van der Waals surface area contributed by atoms with E-state index in [9.17, 15) is 9.18 Å². The number of amides is 1. The average Bonchev–Trinajstić information content (AvgIpc) is 2.27. The van der Waals surface area contributed by atoms with Gasteiger partial charge in [-0.15, -0.1) is 0 Å². The van der Waals surface area contributed by atoms with E-state index in [1.165, 1.54) is 12.1 Å². The lowest BCUT2D eigenvalue weighted by Crippen LogP contribution is -2.33. The number of carbonyl (C=O) groups excluding carboxylic acids is 1. The predicted molar refractivity (Wildman–Crippen MR) is 66.0 cm³/mol. The summed E-state index contributed by atoms with van der Waals surface area (Å²) in [5.74, 6) is -0.197. The molecule has 1 aromatic rings. The van der Waals surface area contributed by atoms with Crippen molar-refractivity contribution < 1.29 is 9.18 Å². The highest BCUT2D eigenvalue weighted by atomic mass is 19.1. The van der Waals surface area contributed by atoms with Crippen molar-refractivity contribution in [2.75, 3.05) is 13.6 Å². The van der Waals surface area contributed by atoms with Crippen LogP contribution in [0, 0.1) is 5.82 Å². The van der Waals surface area contributed by atoms with Crippen molar-refractivity contribution in [3.8, 4) is 0 Å². The Kier molecular flexibility index (Phi) is 5.10. The topological polar surface area (TPSA) is 46.3 Å². The van der Waals surface area contributed by atoms with Crippen molar-refractivity contribution >= 4 is 5.91 Å². The number of hydrogen-bond acceptors (Lipinski definition) is 2. The van der Waals surface area contributed by atoms with Crippen LogP contribution in [0.15, 0.2) is 24.3 Å². The maximum Gasteiger partial charge on any atom is 0.223 e. The van der Waals surface area contributed by atoms with E-state index in [0.29, 0.717) is 13.0 Å². The van der Waals surface area contributed by atoms with Crippen LogP contribution in [0.5, 0.6) is 0 Å². The number of nitrogens with two attached hydrogens (primary N) is 1. The van der Waals surface area contributed by atoms with Crippen LogP contribution >= 0.6 is 0 Å². The summed E-state index contributed by atoms with van der Waals surface area (Å²) in [5, 5.41) is 0. The molecule has 1 rings (SSSR count). The number of nitrogens with zero attached hydrogens (tertiary/aromatic N) is 1. The van der Waals surface area contributed by atoms with Gasteiger partial charge in [-0.05, 0) is 31.0 Å². The second-order valence-electron chi connectivity index (χ2n) is 4.37. The van der Waals surface area contributed by atoms with Crippen molar-refractivity contribution in [2.45, 2.75) is 25.8 Å². The highest BCUT2D eigenvalue weighted by molar-refractivity contribution is 5.76. The third-order valence-electron chi connectivity index (χ3n) is 2.57. The van der Waals surface area contributed by atoms with E-state index >= 15 is 0 Å². The Balaban J connectivity index is 2.40. The van der Waals surface area contributed by atoms with Gasteiger partial charge in [-0.1, -0.05) is 12.1 Å². The van der Waals surface area contributed by atoms with Gasteiger partial charge in [0.2, 0.25) is 5.91 Å². The molecule has 1 unspecified atom stereocenters. The molecule has 0 radical (unpaired) electrons. The number of halogens is 1. The highest BCUT2D eigenvalue weighted by Gasteiger charge is 2.10. The molecule has 94 valence electrons. The molecule has 1 aromatic carbocycles. The van der Waals surface area contributed by atoms with Gasteiger partial charge in [0.15, 0.2) is 0 Å². The lowest BCUT2D eigenvalue weighted by atomic mass is 10.1. The standard InChI is InChI=1S/C13H19FN2O/c1-10(15)9-13(17)16(2)8-7-11-3-5-12(14)6-4-11/h3-6,10H,7-9,15H2,1-2H3. The smallest absolute Gasteiger partial charge is 0.223 e. The fourth-order valence-corrected chi connectivity index (χ4v) is 1.50. The highest BCUT2D eigenvalue weighted by Crippen LogP contribution is 2.04. The lowest BCUT2D eigenvalue weighted by Gasteiger charge is -2.18. The van der Waals surface area contributed by atoms with Gasteiger partial charge in [0.05, 0.1) is 0 Å². The van der Waals surface area contributed by atoms with Crippen LogP contribution in [-0.2, 0) is 11.2 Å². The van der Waals surface area contributed by atoms with Crippen LogP contribution in [-0.4, -0.2) is 30.4 Å². The first kappa shape index (κ1) is 13.6. The molecule has 0 aliphatic carbocycles. The van der Waals surface area contributed by atoms with Gasteiger partial charge in [-0.25, -0.2) is 4.39 Å². The first-order valence-electron chi connectivity index (χ1n) is 5.73. The zero-order chi connectivity index (χ0) is 12.8. The molecule has 1 amide bonds. The molecule has 0 heterocycles. The van der Waals surface area contributed by atoms with E-state index in [-0.39, 0.29) is 17.8 Å². The minimum atomic E-state index is -0.241. The fourth-order valence-electron chi connectivity index (χ4n) is 1.50. The summed E-state index contributed by atoms with van der Waals surface area (Å²) in [4.78, 5) is 13.3. The molecular formula is C13H19FN2O. The van der Waals surface area contributed by atoms with Crippen LogP contribution in [0.1, 0.15) is 18.9 Å². The molecule has 0 saturated heterocycles. The summed E-state index contributed by atoms with van der Waals surface area (Å²) >= 11 is 0. The molecule has 0 aliphatic heterocycles. The Morgan fingerprint density at radius 3 is 2.53 bits per heavy atom. The van der Waals surface area contributed by atoms with Gasteiger partial charge in [0, 0.05) is 26.1 Å². The van der Waals surface area contributed by atoms with Crippen LogP contribution in [0.3, 0.4) is 0 Å². The van der Waals surface area contributed by atoms with E-state index in [0.717, 1.165) is 12.0 Å². The summed E-state index contributed by atoms with van der Waals surface area (Å²) in [5.41, 5.74) is 6.59. The molecule has 4 heteroatoms. The Morgan fingerprint density at radius 2 is 2.00 bits per heavy atom. The zero-order valence-electron chi connectivity index (χ0n) is 10.3. The van der Waals surface area contributed by atoms with Gasteiger partial charge in [-0.3, -0.25) is 4.79 Å². The minimum Gasteiger partial charge on any atom is -0.345 e. The van der Waals surface area contributed by atoms with Gasteiger partial charge in [0.1, 0.15) is 5.82 Å². The number of hydrogen-bond donors (Lipinski definition) is 1. The summed E-state index contributed by atoms with van der Waals surface area (Å²) in [6.07, 6.45) is 1.08. The first-order valence-corrected chi connectivity index (χ1v) is 5.73. The number of benzene rings is 1. The second-order valence-corrected chi connectivity index (χ2v) is 4.37. The Bertz CT molecular complexity index is 362. The molecule has 2 N–H and O–H groups in total. The molecule has 3 nitrogen and oxygen atoms in total. The van der Waals surface area contributed by atoms with E-state index in [1.807, 2.05) is 6.92 Å². The van der Waals surface area contributed by atoms with E-state index in [2.05, 4.69) is 0 Å². The molecule has 17 heavy (non-hydrogen) atoms. The Labute approximate surface area is 101 Å². The summed E-state index contributed by atoms with van der Waals surface area (Å²) < 4.78 is 12.7. The maximum absolute atomic E-state index is 12.7. The van der Waals surface area contributed by atoms with Gasteiger partial charge < -0.3 is 10.6 Å². The number of carbonyl (C=O) groups is 1. The molecule has 0 spiro atoms. The van der Waals surface area contributed by atoms with Crippen molar-refractivity contribution in [3.05, 3.63) is 35.6 Å². The van der Waals surface area contributed by atoms with E-state index in [1.54, 1.807) is 24.1 Å². The Hall–Kier alpha value is -1.42. The van der Waals surface area contributed by atoms with Gasteiger partial charge in [-0.2, -0.15) is 0 Å². The average molecular weight is 238 g/mol. The second kappa shape index (κ2) is 6.35. The number of rotatable bonds is 5. The van der Waals surface area contributed by atoms with Crippen LogP contribution in [0.2, 0.25) is 0 Å². The van der Waals surface area contributed by atoms with E-state index < -0.39 is 0 Å². The molecular weight excluding hydrogens is 219 g/mol. The van der Waals surface area contributed by atoms with E-state index in [4.69, 9.17) is 5.73 Å². The molecule has 0 aliphatic rings. The fraction of sp³-hybridized carbons (Fsp3) is 0.462. The zero-order valence-corrected chi connectivity index (χ0v) is 10.3. The van der Waals surface area contributed by atoms with Crippen LogP contribution < -0.4 is 5.73 Å². The van der Waals surface area contributed by atoms with Crippen molar-refractivity contribution in [1.82, 2.24) is 4.90 Å². The molecule has 0 aromatic heterocycles. The third kappa shape index (κ3) is 4.95. The molecule has 0 bridgehead atoms. The Morgan fingerprint density at radius 1 is 1.41 bits per heavy atom. The number of likely N-dealkylation sites (N-methyl/N-ethyl adjacent to an activating group) is 1. The lowest BCUT2D eigenvalue weighted by molar-refractivity contribution is -0.130. The van der Waals surface area contributed by atoms with Crippen molar-refractivity contribution in [2.24, 2.45) is 5.73 Å². The summed E-state index contributed by atoms with van der Waals surface area (Å²) in [7, 11) is 1.76. The minimum absolute atomic E-state index is 0.0436. The quantitative estimate of drug-likeness (QED) is 0.846. The molecule has 0 fully saturated rings. The van der Waals surface area contributed by atoms with Gasteiger partial charge >= 0.3 is 0 Å². The summed E-state index contributed by atoms with van der Waals surface area (Å²) in [6, 6.07) is 6.21. The van der Waals surface area contributed by atoms with Gasteiger partial charge in [0.25, 0.3) is 0 Å². The SMILES string of the molecule is CC(N)CC(=O)N(C)CCc1ccc(F)cc1. The summed E-state index contributed by atoms with van der Waals surface area (Å²) in [6.45, 7) is 2.43. The monoisotopic (exact) mass is 238 g/mol. The normalized spacial score (nSPS) is 12.2. The maximum atomic E-state index is 12.7.